The zero-order valence-electron chi connectivity index (χ0n) is 39.2. The van der Waals surface area contributed by atoms with E-state index in [1.54, 1.807) is 6.20 Å². The fraction of sp³-hybridized carbons (Fsp3) is 0.0159. The van der Waals surface area contributed by atoms with Crippen molar-refractivity contribution >= 4 is 51.7 Å². The number of nitrogens with two attached hydrogens (primary N) is 1. The number of hydrogen-bond acceptors (Lipinski definition) is 8. The third kappa shape index (κ3) is 10.7. The normalized spacial score (nSPS) is 10.7. The fourth-order valence-electron chi connectivity index (χ4n) is 8.45. The van der Waals surface area contributed by atoms with Crippen LogP contribution in [0.15, 0.2) is 273 Å². The first-order valence-electron chi connectivity index (χ1n) is 23.5. The molecule has 2 aromatic heterocycles. The third-order valence-electron chi connectivity index (χ3n) is 12.1. The summed E-state index contributed by atoms with van der Waals surface area (Å²) in [5.74, 6) is 0.948. The molecule has 0 amide bonds. The lowest BCUT2D eigenvalue weighted by Crippen LogP contribution is -2.13. The molecule has 2 heterocycles. The molecule has 0 unspecified atom stereocenters. The van der Waals surface area contributed by atoms with E-state index in [0.29, 0.717) is 5.95 Å². The highest BCUT2D eigenvalue weighted by Gasteiger charge is 2.15. The van der Waals surface area contributed by atoms with Crippen molar-refractivity contribution < 1.29 is 0 Å². The molecular weight excluding hydrogens is 869 g/mol. The molecule has 0 bridgehead atoms. The van der Waals surface area contributed by atoms with Gasteiger partial charge in [-0.15, -0.1) is 0 Å². The lowest BCUT2D eigenvalue weighted by molar-refractivity contribution is 1.05. The van der Waals surface area contributed by atoms with Crippen molar-refractivity contribution in [3.63, 3.8) is 0 Å². The number of anilines is 9. The van der Waals surface area contributed by atoms with Crippen molar-refractivity contribution in [3.05, 3.63) is 273 Å². The Morgan fingerprint density at radius 3 is 0.915 bits per heavy atom. The molecule has 0 aliphatic carbocycles. The molecule has 0 aliphatic heterocycles. The Morgan fingerprint density at radius 1 is 0.282 bits per heavy atom. The van der Waals surface area contributed by atoms with Gasteiger partial charge >= 0.3 is 0 Å². The van der Waals surface area contributed by atoms with Gasteiger partial charge in [0.25, 0.3) is 0 Å². The van der Waals surface area contributed by atoms with Gasteiger partial charge in [-0.2, -0.15) is 0 Å². The van der Waals surface area contributed by atoms with E-state index in [4.69, 9.17) is 10.7 Å². The van der Waals surface area contributed by atoms with E-state index in [2.05, 4.69) is 231 Å². The quantitative estimate of drug-likeness (QED) is 0.130. The second-order valence-corrected chi connectivity index (χ2v) is 16.7. The van der Waals surface area contributed by atoms with Gasteiger partial charge in [-0.25, -0.2) is 19.9 Å². The van der Waals surface area contributed by atoms with Gasteiger partial charge in [0, 0.05) is 70.4 Å². The standard InChI is InChI=1S/C35H28N4.C28H22N4/c1-38(30-11-5-2-6-12-30)35-36-26-25-34(37-35)29-19-17-27(18-20-29)28-21-23-33(24-22-28)39(31-13-7-3-8-14-31)32-15-9-4-10-16-32;29-28-30-20-19-27(31-28)23-13-11-21(12-14-23)22-15-17-26(18-16-22)32(24-7-3-1-4-8-24)25-9-5-2-6-10-25/h2-26H,1H3;1-20H,(H2,29,30,31). The average Bonchev–Trinajstić information content (AvgIpc) is 3.45. The third-order valence-corrected chi connectivity index (χ3v) is 12.1. The molecule has 11 rings (SSSR count). The summed E-state index contributed by atoms with van der Waals surface area (Å²) in [5, 5.41) is 0. The van der Waals surface area contributed by atoms with Crippen molar-refractivity contribution in [2.24, 2.45) is 0 Å². The number of aromatic nitrogens is 4. The zero-order chi connectivity index (χ0) is 48.2. The number of rotatable bonds is 12. The number of benzene rings is 9. The van der Waals surface area contributed by atoms with E-state index >= 15 is 0 Å². The summed E-state index contributed by atoms with van der Waals surface area (Å²) >= 11 is 0. The molecule has 11 aromatic rings. The van der Waals surface area contributed by atoms with Crippen molar-refractivity contribution in [3.8, 4) is 44.8 Å². The Morgan fingerprint density at radius 2 is 0.563 bits per heavy atom. The molecule has 0 saturated heterocycles. The number of para-hydroxylation sites is 5. The van der Waals surface area contributed by atoms with Gasteiger partial charge in [-0.05, 0) is 119 Å². The average molecular weight is 919 g/mol. The van der Waals surface area contributed by atoms with Crippen LogP contribution in [0.4, 0.5) is 51.7 Å². The Kier molecular flexibility index (Phi) is 13.7. The van der Waals surface area contributed by atoms with E-state index < -0.39 is 0 Å². The first-order chi connectivity index (χ1) is 35.0. The summed E-state index contributed by atoms with van der Waals surface area (Å²) in [5.41, 5.74) is 21.9. The van der Waals surface area contributed by atoms with Crippen LogP contribution in [0, 0.1) is 0 Å². The Balaban J connectivity index is 0.000000167. The molecule has 0 fully saturated rings. The van der Waals surface area contributed by atoms with E-state index in [9.17, 15) is 0 Å². The summed E-state index contributed by atoms with van der Waals surface area (Å²) < 4.78 is 0. The maximum Gasteiger partial charge on any atom is 0.230 e. The van der Waals surface area contributed by atoms with Gasteiger partial charge in [-0.3, -0.25) is 0 Å². The smallest absolute Gasteiger partial charge is 0.230 e. The molecule has 0 aliphatic rings. The molecule has 0 spiro atoms. The molecule has 8 nitrogen and oxygen atoms in total. The minimum Gasteiger partial charge on any atom is -0.368 e. The number of hydrogen-bond donors (Lipinski definition) is 1. The Labute approximate surface area is 415 Å². The second kappa shape index (κ2) is 21.5. The summed E-state index contributed by atoms with van der Waals surface area (Å²) in [7, 11) is 1.98. The second-order valence-electron chi connectivity index (χ2n) is 16.7. The van der Waals surface area contributed by atoms with E-state index in [0.717, 1.165) is 79.0 Å². The van der Waals surface area contributed by atoms with Gasteiger partial charge in [0.15, 0.2) is 0 Å². The predicted octanol–water partition coefficient (Wildman–Crippen LogP) is 15.9. The maximum absolute atomic E-state index is 5.71. The number of nitrogens with zero attached hydrogens (tertiary/aromatic N) is 7. The van der Waals surface area contributed by atoms with Crippen LogP contribution in [-0.2, 0) is 0 Å². The maximum atomic E-state index is 5.71. The lowest BCUT2D eigenvalue weighted by atomic mass is 10.0. The summed E-state index contributed by atoms with van der Waals surface area (Å²) in [4.78, 5) is 24.1. The van der Waals surface area contributed by atoms with Crippen LogP contribution >= 0.6 is 0 Å². The Bertz CT molecular complexity index is 3320. The first kappa shape index (κ1) is 45.1. The molecular formula is C63H50N8. The highest BCUT2D eigenvalue weighted by atomic mass is 15.2. The van der Waals surface area contributed by atoms with Gasteiger partial charge in [0.2, 0.25) is 11.9 Å². The monoisotopic (exact) mass is 918 g/mol. The molecule has 342 valence electrons. The predicted molar refractivity (Wildman–Crippen MR) is 294 cm³/mol. The van der Waals surface area contributed by atoms with Crippen molar-refractivity contribution in [1.29, 1.82) is 0 Å². The molecule has 8 heteroatoms. The highest BCUT2D eigenvalue weighted by molar-refractivity contribution is 5.80. The molecule has 0 atom stereocenters. The van der Waals surface area contributed by atoms with Gasteiger partial charge in [0.05, 0.1) is 11.4 Å². The van der Waals surface area contributed by atoms with E-state index in [1.165, 1.54) is 5.56 Å². The van der Waals surface area contributed by atoms with Crippen LogP contribution in [0.1, 0.15) is 0 Å². The zero-order valence-corrected chi connectivity index (χ0v) is 39.2. The van der Waals surface area contributed by atoms with Crippen LogP contribution in [0.2, 0.25) is 0 Å². The summed E-state index contributed by atoms with van der Waals surface area (Å²) in [6.07, 6.45) is 3.49. The van der Waals surface area contributed by atoms with Crippen LogP contribution in [0.5, 0.6) is 0 Å². The molecule has 0 radical (unpaired) electrons. The van der Waals surface area contributed by atoms with Crippen LogP contribution in [-0.4, -0.2) is 27.0 Å². The minimum absolute atomic E-state index is 0.281. The van der Waals surface area contributed by atoms with Crippen molar-refractivity contribution in [2.75, 3.05) is 27.5 Å². The van der Waals surface area contributed by atoms with Crippen LogP contribution in [0.25, 0.3) is 44.8 Å². The fourth-order valence-corrected chi connectivity index (χ4v) is 8.45. The van der Waals surface area contributed by atoms with Crippen LogP contribution in [0.3, 0.4) is 0 Å². The lowest BCUT2D eigenvalue weighted by Gasteiger charge is -2.25. The number of nitrogen functional groups attached to an aromatic ring is 1. The van der Waals surface area contributed by atoms with Gasteiger partial charge in [0.1, 0.15) is 0 Å². The van der Waals surface area contributed by atoms with Crippen molar-refractivity contribution in [1.82, 2.24) is 19.9 Å². The topological polar surface area (TPSA) is 87.3 Å². The van der Waals surface area contributed by atoms with Crippen LogP contribution < -0.4 is 20.4 Å². The molecule has 2 N–H and O–H groups in total. The summed E-state index contributed by atoms with van der Waals surface area (Å²) in [6, 6.07) is 89.9. The Hall–Kier alpha value is -9.66. The van der Waals surface area contributed by atoms with Gasteiger partial charge < -0.3 is 20.4 Å². The van der Waals surface area contributed by atoms with Crippen molar-refractivity contribution in [2.45, 2.75) is 0 Å². The van der Waals surface area contributed by atoms with E-state index in [1.807, 2.05) is 72.7 Å². The molecule has 71 heavy (non-hydrogen) atoms. The van der Waals surface area contributed by atoms with E-state index in [-0.39, 0.29) is 5.95 Å². The molecule has 9 aromatic carbocycles. The molecule has 0 saturated carbocycles. The van der Waals surface area contributed by atoms with Gasteiger partial charge in [-0.1, -0.05) is 164 Å². The summed E-state index contributed by atoms with van der Waals surface area (Å²) in [6.45, 7) is 0. The largest absolute Gasteiger partial charge is 0.368 e. The SMILES string of the molecule is CN(c1ccccc1)c1nccc(-c2ccc(-c3ccc(N(c4ccccc4)c4ccccc4)cc3)cc2)n1.Nc1nccc(-c2ccc(-c3ccc(N(c4ccccc4)c4ccccc4)cc3)cc2)n1. The first-order valence-corrected chi connectivity index (χ1v) is 23.5. The minimum atomic E-state index is 0.281. The highest BCUT2D eigenvalue weighted by Crippen LogP contribution is 2.37.